The highest BCUT2D eigenvalue weighted by Crippen LogP contribution is 2.78. The maximum Gasteiger partial charge on any atom is 0.141 e. The first-order valence-corrected chi connectivity index (χ1v) is 7.54. The lowest BCUT2D eigenvalue weighted by Gasteiger charge is -2.32. The molecule has 2 N–H and O–H groups in total. The third-order valence-corrected chi connectivity index (χ3v) is 6.28. The van der Waals surface area contributed by atoms with Crippen molar-refractivity contribution in [3.63, 3.8) is 0 Å². The molecule has 5 atom stereocenters. The van der Waals surface area contributed by atoms with Gasteiger partial charge in [-0.2, -0.15) is 0 Å². The van der Waals surface area contributed by atoms with Crippen LogP contribution in [0.3, 0.4) is 0 Å². The van der Waals surface area contributed by atoms with Gasteiger partial charge >= 0.3 is 0 Å². The fourth-order valence-electron chi connectivity index (χ4n) is 4.59. The van der Waals surface area contributed by atoms with Crippen molar-refractivity contribution in [1.82, 2.24) is 0 Å². The van der Waals surface area contributed by atoms with Crippen molar-refractivity contribution in [1.29, 1.82) is 0 Å². The van der Waals surface area contributed by atoms with Crippen molar-refractivity contribution >= 4 is 17.4 Å². The van der Waals surface area contributed by atoms with Crippen LogP contribution in [0.15, 0.2) is 24.3 Å². The van der Waals surface area contributed by atoms with Crippen molar-refractivity contribution in [3.8, 4) is 0 Å². The van der Waals surface area contributed by atoms with E-state index in [0.717, 1.165) is 12.0 Å². The number of carbonyl (C=O) groups excluding carboxylic acids is 1. The van der Waals surface area contributed by atoms with Gasteiger partial charge in [0.1, 0.15) is 5.78 Å². The fraction of sp³-hybridized carbons (Fsp3) is 0.562. The molecule has 3 nitrogen and oxygen atoms in total. The molecule has 0 aliphatic heterocycles. The summed E-state index contributed by atoms with van der Waals surface area (Å²) in [5.74, 6) is 0.0920. The maximum atomic E-state index is 12.7. The van der Waals surface area contributed by atoms with Crippen LogP contribution in [0.2, 0.25) is 0 Å². The van der Waals surface area contributed by atoms with Crippen LogP contribution in [0.4, 0.5) is 0 Å². The average molecular weight is 293 g/mol. The molecule has 2 saturated carbocycles. The third kappa shape index (κ3) is 1.31. The van der Waals surface area contributed by atoms with E-state index in [1.165, 1.54) is 5.56 Å². The highest BCUT2D eigenvalue weighted by molar-refractivity contribution is 6.31. The molecule has 0 unspecified atom stereocenters. The van der Waals surface area contributed by atoms with Crippen molar-refractivity contribution < 1.29 is 15.0 Å². The van der Waals surface area contributed by atoms with E-state index in [1.54, 1.807) is 0 Å². The quantitative estimate of drug-likeness (QED) is 0.717. The lowest BCUT2D eigenvalue weighted by Crippen LogP contribution is -2.42. The average Bonchev–Trinajstić information content (AvgIpc) is 2.99. The molecule has 2 fully saturated rings. The Morgan fingerprint density at radius 1 is 1.10 bits per heavy atom. The zero-order chi connectivity index (χ0) is 14.1. The van der Waals surface area contributed by atoms with Gasteiger partial charge in [0.2, 0.25) is 0 Å². The van der Waals surface area contributed by atoms with Gasteiger partial charge in [0.25, 0.3) is 0 Å². The molecule has 106 valence electrons. The van der Waals surface area contributed by atoms with E-state index in [4.69, 9.17) is 11.6 Å². The molecular weight excluding hydrogens is 276 g/mol. The lowest BCUT2D eigenvalue weighted by atomic mass is 9.80. The Bertz CT molecular complexity index is 601. The smallest absolute Gasteiger partial charge is 0.141 e. The Morgan fingerprint density at radius 2 is 1.80 bits per heavy atom. The van der Waals surface area contributed by atoms with Gasteiger partial charge in [0, 0.05) is 12.3 Å². The molecule has 0 aromatic heterocycles. The molecule has 0 amide bonds. The molecule has 1 aromatic rings. The number of alkyl halides is 1. The molecule has 3 aliphatic carbocycles. The predicted octanol–water partition coefficient (Wildman–Crippen LogP) is 1.78. The molecule has 0 bridgehead atoms. The van der Waals surface area contributed by atoms with Crippen LogP contribution in [0.5, 0.6) is 0 Å². The molecule has 4 rings (SSSR count). The second-order valence-electron chi connectivity index (χ2n) is 6.43. The minimum atomic E-state index is -0.846. The number of benzene rings is 1. The molecule has 20 heavy (non-hydrogen) atoms. The van der Waals surface area contributed by atoms with Gasteiger partial charge in [-0.05, 0) is 30.4 Å². The largest absolute Gasteiger partial charge is 0.390 e. The van der Waals surface area contributed by atoms with Gasteiger partial charge in [-0.25, -0.2) is 0 Å². The zero-order valence-electron chi connectivity index (χ0n) is 11.1. The number of aliphatic hydroxyl groups is 2. The van der Waals surface area contributed by atoms with Gasteiger partial charge in [-0.1, -0.05) is 24.3 Å². The second-order valence-corrected chi connectivity index (χ2v) is 7.11. The topological polar surface area (TPSA) is 57.5 Å². The van der Waals surface area contributed by atoms with Crippen molar-refractivity contribution in [3.05, 3.63) is 35.4 Å². The van der Waals surface area contributed by atoms with Crippen molar-refractivity contribution in [2.45, 2.75) is 48.7 Å². The summed E-state index contributed by atoms with van der Waals surface area (Å²) in [5.41, 5.74) is 1.65. The van der Waals surface area contributed by atoms with E-state index in [9.17, 15) is 15.0 Å². The Hall–Kier alpha value is -0.900. The molecule has 0 heterocycles. The maximum absolute atomic E-state index is 12.7. The Kier molecular flexibility index (Phi) is 2.46. The Balaban J connectivity index is 1.88. The van der Waals surface area contributed by atoms with Crippen LogP contribution in [-0.4, -0.2) is 33.1 Å². The number of aliphatic hydroxyl groups excluding tert-OH is 2. The van der Waals surface area contributed by atoms with E-state index < -0.39 is 22.5 Å². The van der Waals surface area contributed by atoms with Crippen molar-refractivity contribution in [2.24, 2.45) is 5.41 Å². The fourth-order valence-corrected chi connectivity index (χ4v) is 5.29. The monoisotopic (exact) mass is 292 g/mol. The predicted molar refractivity (Wildman–Crippen MR) is 74.8 cm³/mol. The van der Waals surface area contributed by atoms with Crippen molar-refractivity contribution in [2.75, 3.05) is 0 Å². The number of fused-ring (bicyclic) bond motifs is 3. The summed E-state index contributed by atoms with van der Waals surface area (Å²) in [6.45, 7) is 0. The van der Waals surface area contributed by atoms with E-state index in [0.29, 0.717) is 12.8 Å². The van der Waals surface area contributed by atoms with Crippen LogP contribution < -0.4 is 0 Å². The summed E-state index contributed by atoms with van der Waals surface area (Å²) in [5, 5.41) is 20.0. The van der Waals surface area contributed by atoms with Crippen LogP contribution in [-0.2, 0) is 11.2 Å². The molecule has 4 heteroatoms. The van der Waals surface area contributed by atoms with Crippen LogP contribution in [0.25, 0.3) is 0 Å². The van der Waals surface area contributed by atoms with Gasteiger partial charge in [0.15, 0.2) is 0 Å². The SMILES string of the molecule is O=C1CCc2ccccc2[C@@H]2[C@@]3(Cl)C[C@@H](O)[C@@H](O)C[C@@]123. The summed E-state index contributed by atoms with van der Waals surface area (Å²) in [6, 6.07) is 8.05. The van der Waals surface area contributed by atoms with Crippen LogP contribution >= 0.6 is 11.6 Å². The first-order chi connectivity index (χ1) is 9.50. The summed E-state index contributed by atoms with van der Waals surface area (Å²) >= 11 is 6.77. The number of Topliss-reactive ketones (excluding diaryl/α,β-unsaturated/α-hetero) is 1. The van der Waals surface area contributed by atoms with Gasteiger partial charge in [0.05, 0.1) is 22.5 Å². The van der Waals surface area contributed by atoms with E-state index in [1.807, 2.05) is 18.2 Å². The number of rotatable bonds is 0. The number of halogens is 1. The normalized spacial score (nSPS) is 46.0. The minimum absolute atomic E-state index is 0.0605. The number of hydrogen-bond acceptors (Lipinski definition) is 3. The summed E-state index contributed by atoms with van der Waals surface area (Å²) in [4.78, 5) is 12.0. The van der Waals surface area contributed by atoms with E-state index in [2.05, 4.69) is 6.07 Å². The number of ketones is 1. The van der Waals surface area contributed by atoms with Gasteiger partial charge in [-0.15, -0.1) is 11.6 Å². The number of carbonyl (C=O) groups is 1. The highest BCUT2D eigenvalue weighted by atomic mass is 35.5. The summed E-state index contributed by atoms with van der Waals surface area (Å²) in [6.07, 6.45) is 0.130. The first-order valence-electron chi connectivity index (χ1n) is 7.17. The third-order valence-electron chi connectivity index (χ3n) is 5.58. The van der Waals surface area contributed by atoms with Crippen LogP contribution in [0.1, 0.15) is 36.3 Å². The minimum Gasteiger partial charge on any atom is -0.390 e. The molecular formula is C16H17ClO3. The molecule has 0 saturated heterocycles. The Morgan fingerprint density at radius 3 is 2.60 bits per heavy atom. The standard InChI is InChI=1S/C16H17ClO3/c17-16-8-12(19)11(18)7-15(16)13(20)6-5-9-3-1-2-4-10(9)14(15)16/h1-4,11-12,14,18-19H,5-8H2/t11-,12+,14-,15+,16-/m0/s1. The highest BCUT2D eigenvalue weighted by Gasteiger charge is 2.82. The van der Waals surface area contributed by atoms with Gasteiger partial charge in [-0.3, -0.25) is 4.79 Å². The summed E-state index contributed by atoms with van der Waals surface area (Å²) < 4.78 is 0. The van der Waals surface area contributed by atoms with Crippen LogP contribution in [0, 0.1) is 5.41 Å². The molecule has 0 radical (unpaired) electrons. The molecule has 1 aromatic carbocycles. The number of aryl methyl sites for hydroxylation is 1. The van der Waals surface area contributed by atoms with E-state index in [-0.39, 0.29) is 18.1 Å². The summed E-state index contributed by atoms with van der Waals surface area (Å²) in [7, 11) is 0. The Labute approximate surface area is 122 Å². The zero-order valence-corrected chi connectivity index (χ0v) is 11.8. The molecule has 1 spiro atoms. The van der Waals surface area contributed by atoms with E-state index >= 15 is 0 Å². The first kappa shape index (κ1) is 12.8. The van der Waals surface area contributed by atoms with Gasteiger partial charge < -0.3 is 10.2 Å². The molecule has 3 aliphatic rings. The second kappa shape index (κ2) is 3.85. The number of hydrogen-bond donors (Lipinski definition) is 2. The lowest BCUT2D eigenvalue weighted by molar-refractivity contribution is -0.128.